The van der Waals surface area contributed by atoms with Crippen molar-refractivity contribution in [1.82, 2.24) is 0 Å². The second kappa shape index (κ2) is 11.0. The summed E-state index contributed by atoms with van der Waals surface area (Å²) in [6, 6.07) is 8.64. The first-order chi connectivity index (χ1) is 16.1. The molecule has 0 heterocycles. The smallest absolute Gasteiger partial charge is 0.420 e. The number of hydrogen-bond acceptors (Lipinski definition) is 1. The lowest BCUT2D eigenvalue weighted by Crippen LogP contribution is -2.20. The molecule has 1 saturated carbocycles. The maximum Gasteiger partial charge on any atom is 0.420 e. The van der Waals surface area contributed by atoms with Gasteiger partial charge in [0.25, 0.3) is 0 Å². The van der Waals surface area contributed by atoms with Crippen molar-refractivity contribution in [3.63, 3.8) is 0 Å². The van der Waals surface area contributed by atoms with Gasteiger partial charge in [0.2, 0.25) is 0 Å². The first-order valence-corrected chi connectivity index (χ1v) is 12.1. The van der Waals surface area contributed by atoms with Gasteiger partial charge in [0, 0.05) is 0 Å². The van der Waals surface area contributed by atoms with Crippen LogP contribution in [0.4, 0.5) is 26.3 Å². The van der Waals surface area contributed by atoms with E-state index in [2.05, 4.69) is 6.92 Å². The van der Waals surface area contributed by atoms with Crippen LogP contribution in [0.3, 0.4) is 0 Å². The van der Waals surface area contributed by atoms with Gasteiger partial charge in [-0.3, -0.25) is 0 Å². The molecule has 2 aromatic rings. The Kier molecular flexibility index (Phi) is 8.58. The Hall–Kier alpha value is -2.18. The molecule has 0 spiro atoms. The average molecular weight is 487 g/mol. The van der Waals surface area contributed by atoms with Gasteiger partial charge < -0.3 is 4.74 Å². The van der Waals surface area contributed by atoms with Gasteiger partial charge in [0.1, 0.15) is 11.3 Å². The minimum Gasteiger partial charge on any atom is -0.493 e. The van der Waals surface area contributed by atoms with Gasteiger partial charge in [-0.2, -0.15) is 26.3 Å². The van der Waals surface area contributed by atoms with E-state index >= 15 is 0 Å². The quantitative estimate of drug-likeness (QED) is 0.267. The molecule has 1 fully saturated rings. The molecule has 0 aromatic heterocycles. The van der Waals surface area contributed by atoms with E-state index in [4.69, 9.17) is 4.74 Å². The minimum absolute atomic E-state index is 0.0780. The monoisotopic (exact) mass is 486 g/mol. The van der Waals surface area contributed by atoms with Crippen molar-refractivity contribution in [3.05, 3.63) is 53.1 Å². The third kappa shape index (κ3) is 6.28. The predicted molar refractivity (Wildman–Crippen MR) is 122 cm³/mol. The zero-order chi connectivity index (χ0) is 24.9. The van der Waals surface area contributed by atoms with Crippen LogP contribution in [0.5, 0.6) is 5.75 Å². The van der Waals surface area contributed by atoms with Crippen LogP contribution in [-0.4, -0.2) is 6.61 Å². The van der Waals surface area contributed by atoms with Crippen molar-refractivity contribution in [2.24, 2.45) is 5.92 Å². The van der Waals surface area contributed by atoms with Crippen molar-refractivity contribution in [3.8, 4) is 16.9 Å². The van der Waals surface area contributed by atoms with E-state index < -0.39 is 34.8 Å². The Morgan fingerprint density at radius 1 is 0.765 bits per heavy atom. The molecule has 3 rings (SSSR count). The van der Waals surface area contributed by atoms with E-state index in [0.29, 0.717) is 18.8 Å². The Balaban J connectivity index is 1.96. The summed E-state index contributed by atoms with van der Waals surface area (Å²) >= 11 is 0. The number of unbranched alkanes of at least 4 members (excludes halogenated alkanes) is 1. The van der Waals surface area contributed by atoms with Crippen LogP contribution in [0, 0.1) is 5.92 Å². The van der Waals surface area contributed by atoms with Crippen LogP contribution >= 0.6 is 0 Å². The third-order valence-electron chi connectivity index (χ3n) is 6.73. The zero-order valence-electron chi connectivity index (χ0n) is 19.7. The van der Waals surface area contributed by atoms with Gasteiger partial charge in [-0.05, 0) is 66.7 Å². The van der Waals surface area contributed by atoms with Crippen LogP contribution in [0.25, 0.3) is 11.1 Å². The molecule has 0 saturated heterocycles. The predicted octanol–water partition coefficient (Wildman–Crippen LogP) is 9.64. The first-order valence-electron chi connectivity index (χ1n) is 12.1. The highest BCUT2D eigenvalue weighted by atomic mass is 19.4. The summed E-state index contributed by atoms with van der Waals surface area (Å²) in [7, 11) is 0. The van der Waals surface area contributed by atoms with Gasteiger partial charge in [-0.25, -0.2) is 0 Å². The lowest BCUT2D eigenvalue weighted by molar-refractivity contribution is -0.162. The van der Waals surface area contributed by atoms with Gasteiger partial charge >= 0.3 is 12.4 Å². The Bertz CT molecular complexity index is 922. The third-order valence-corrected chi connectivity index (χ3v) is 6.73. The van der Waals surface area contributed by atoms with E-state index in [9.17, 15) is 26.3 Å². The summed E-state index contributed by atoms with van der Waals surface area (Å²) in [6.07, 6.45) is -2.61. The average Bonchev–Trinajstić information content (AvgIpc) is 2.78. The van der Waals surface area contributed by atoms with E-state index in [1.165, 1.54) is 18.6 Å². The van der Waals surface area contributed by atoms with Crippen molar-refractivity contribution in [2.75, 3.05) is 6.61 Å². The molecule has 0 radical (unpaired) electrons. The maximum absolute atomic E-state index is 14.0. The molecule has 1 nitrogen and oxygen atoms in total. The van der Waals surface area contributed by atoms with Crippen LogP contribution in [0.15, 0.2) is 36.4 Å². The minimum atomic E-state index is -5.21. The fourth-order valence-corrected chi connectivity index (χ4v) is 4.97. The number of ether oxygens (including phenoxy) is 1. The molecule has 0 bridgehead atoms. The molecule has 0 atom stereocenters. The van der Waals surface area contributed by atoms with Crippen LogP contribution < -0.4 is 4.74 Å². The molecule has 1 aliphatic rings. The molecule has 188 valence electrons. The summed E-state index contributed by atoms with van der Waals surface area (Å²) in [5.74, 6) is 0.288. The fraction of sp³-hybridized carbons (Fsp3) is 0.556. The molecule has 7 heteroatoms. The van der Waals surface area contributed by atoms with Gasteiger partial charge in [-0.1, -0.05) is 63.4 Å². The zero-order valence-corrected chi connectivity index (χ0v) is 19.7. The van der Waals surface area contributed by atoms with Crippen molar-refractivity contribution < 1.29 is 31.1 Å². The fourth-order valence-electron chi connectivity index (χ4n) is 4.97. The van der Waals surface area contributed by atoms with Crippen LogP contribution in [0.2, 0.25) is 0 Å². The summed E-state index contributed by atoms with van der Waals surface area (Å²) < 4.78 is 88.7. The van der Waals surface area contributed by atoms with Crippen LogP contribution in [-0.2, 0) is 12.4 Å². The van der Waals surface area contributed by atoms with Gasteiger partial charge in [-0.15, -0.1) is 0 Å². The molecule has 34 heavy (non-hydrogen) atoms. The Morgan fingerprint density at radius 2 is 1.38 bits per heavy atom. The Labute approximate surface area is 197 Å². The summed E-state index contributed by atoms with van der Waals surface area (Å²) in [4.78, 5) is 0. The van der Waals surface area contributed by atoms with Crippen molar-refractivity contribution in [1.29, 1.82) is 0 Å². The molecule has 0 N–H and O–H groups in total. The molecule has 1 aliphatic carbocycles. The largest absolute Gasteiger partial charge is 0.493 e. The van der Waals surface area contributed by atoms with E-state index in [0.717, 1.165) is 55.7 Å². The van der Waals surface area contributed by atoms with Gasteiger partial charge in [0.15, 0.2) is 0 Å². The van der Waals surface area contributed by atoms with E-state index in [1.54, 1.807) is 12.1 Å². The highest BCUT2D eigenvalue weighted by Gasteiger charge is 2.47. The first kappa shape index (κ1) is 26.4. The molecule has 0 amide bonds. The molecule has 0 aliphatic heterocycles. The lowest BCUT2D eigenvalue weighted by Gasteiger charge is -2.28. The number of hydrogen-bond donors (Lipinski definition) is 0. The summed E-state index contributed by atoms with van der Waals surface area (Å²) in [5.41, 5.74) is -2.79. The topological polar surface area (TPSA) is 9.23 Å². The molecular formula is C27H32F6O. The highest BCUT2D eigenvalue weighted by molar-refractivity contribution is 5.72. The highest BCUT2D eigenvalue weighted by Crippen LogP contribution is 2.49. The number of alkyl halides is 6. The standard InChI is InChI=1S/C27H32F6O/c1-3-5-17-34-23-16-15-22(24(26(28,29)30)25(23)27(31,32)33)21-13-11-20(12-14-21)19-9-7-18(6-4-2)8-10-19/h11-16,18-19H,3-10,17H2,1-2H3. The van der Waals surface area contributed by atoms with Crippen molar-refractivity contribution in [2.45, 2.75) is 83.5 Å². The molecule has 2 aromatic carbocycles. The Morgan fingerprint density at radius 3 is 1.91 bits per heavy atom. The van der Waals surface area contributed by atoms with Crippen molar-refractivity contribution >= 4 is 0 Å². The van der Waals surface area contributed by atoms with E-state index in [1.807, 2.05) is 6.92 Å². The second-order valence-corrected chi connectivity index (χ2v) is 9.19. The summed E-state index contributed by atoms with van der Waals surface area (Å²) in [6.45, 7) is 3.91. The number of halogens is 6. The lowest BCUT2D eigenvalue weighted by atomic mass is 9.77. The molecule has 0 unspecified atom stereocenters. The number of rotatable bonds is 8. The number of benzene rings is 2. The van der Waals surface area contributed by atoms with Gasteiger partial charge in [0.05, 0.1) is 12.2 Å². The summed E-state index contributed by atoms with van der Waals surface area (Å²) in [5, 5.41) is 0. The van der Waals surface area contributed by atoms with E-state index in [-0.39, 0.29) is 12.2 Å². The second-order valence-electron chi connectivity index (χ2n) is 9.19. The normalized spacial score (nSPS) is 19.3. The van der Waals surface area contributed by atoms with Crippen LogP contribution in [0.1, 0.15) is 87.8 Å². The maximum atomic E-state index is 14.0. The SMILES string of the molecule is CCCCOc1ccc(-c2ccc(C3CCC(CCC)CC3)cc2)c(C(F)(F)F)c1C(F)(F)F. The molecular weight excluding hydrogens is 454 g/mol.